The van der Waals surface area contributed by atoms with Crippen molar-refractivity contribution in [1.82, 2.24) is 10.6 Å². The summed E-state index contributed by atoms with van der Waals surface area (Å²) in [4.78, 5) is 4.54. The van der Waals surface area contributed by atoms with Gasteiger partial charge in [-0.3, -0.25) is 4.99 Å². The Kier molecular flexibility index (Phi) is 9.15. The van der Waals surface area contributed by atoms with Gasteiger partial charge in [0.2, 0.25) is 0 Å². The van der Waals surface area contributed by atoms with E-state index in [0.29, 0.717) is 19.8 Å². The van der Waals surface area contributed by atoms with Gasteiger partial charge in [-0.05, 0) is 43.9 Å². The van der Waals surface area contributed by atoms with Crippen molar-refractivity contribution >= 4 is 5.96 Å². The fraction of sp³-hybridized carbons (Fsp3) is 0.632. The summed E-state index contributed by atoms with van der Waals surface area (Å²) in [6.07, 6.45) is 3.47. The van der Waals surface area contributed by atoms with Crippen LogP contribution in [-0.2, 0) is 15.9 Å². The molecule has 1 atom stereocenters. The quantitative estimate of drug-likeness (QED) is 0.384. The maximum absolute atomic E-state index is 5.64. The van der Waals surface area contributed by atoms with Gasteiger partial charge in [-0.15, -0.1) is 0 Å². The number of guanidine groups is 1. The van der Waals surface area contributed by atoms with E-state index < -0.39 is 0 Å². The molecule has 25 heavy (non-hydrogen) atoms. The molecule has 0 spiro atoms. The van der Waals surface area contributed by atoms with E-state index in [9.17, 15) is 0 Å². The van der Waals surface area contributed by atoms with Gasteiger partial charge in [-0.2, -0.15) is 0 Å². The molecule has 0 amide bonds. The lowest BCUT2D eigenvalue weighted by atomic mass is 10.1. The average molecular weight is 349 g/mol. The van der Waals surface area contributed by atoms with Gasteiger partial charge in [0.1, 0.15) is 5.75 Å². The topological polar surface area (TPSA) is 64.1 Å². The second kappa shape index (κ2) is 11.7. The minimum absolute atomic E-state index is 0.278. The molecule has 2 rings (SSSR count). The normalized spacial score (nSPS) is 17.5. The second-order valence-electron chi connectivity index (χ2n) is 6.00. The number of hydrogen-bond donors (Lipinski definition) is 2. The van der Waals surface area contributed by atoms with E-state index in [2.05, 4.69) is 34.7 Å². The third kappa shape index (κ3) is 7.75. The molecule has 0 aromatic heterocycles. The number of benzene rings is 1. The number of ether oxygens (including phenoxy) is 3. The zero-order valence-corrected chi connectivity index (χ0v) is 15.4. The lowest BCUT2D eigenvalue weighted by molar-refractivity contribution is 0.0200. The van der Waals surface area contributed by atoms with E-state index in [1.165, 1.54) is 5.56 Å². The highest BCUT2D eigenvalue weighted by Crippen LogP contribution is 2.12. The molecule has 1 saturated heterocycles. The lowest BCUT2D eigenvalue weighted by Crippen LogP contribution is -2.38. The smallest absolute Gasteiger partial charge is 0.191 e. The minimum atomic E-state index is 0.278. The van der Waals surface area contributed by atoms with Crippen molar-refractivity contribution in [3.05, 3.63) is 29.8 Å². The molecule has 140 valence electrons. The van der Waals surface area contributed by atoms with Crippen molar-refractivity contribution in [2.75, 3.05) is 46.6 Å². The molecule has 1 aromatic rings. The highest BCUT2D eigenvalue weighted by Gasteiger charge is 2.14. The SMILES string of the molecule is CCNC(=NCCOCC1CCCO1)NCCc1ccc(OC)cc1. The Labute approximate surface area is 151 Å². The van der Waals surface area contributed by atoms with Crippen molar-refractivity contribution in [3.8, 4) is 5.75 Å². The Morgan fingerprint density at radius 1 is 1.28 bits per heavy atom. The Morgan fingerprint density at radius 3 is 2.80 bits per heavy atom. The van der Waals surface area contributed by atoms with Gasteiger partial charge in [-0.1, -0.05) is 12.1 Å². The zero-order valence-electron chi connectivity index (χ0n) is 15.4. The fourth-order valence-corrected chi connectivity index (χ4v) is 2.67. The Bertz CT molecular complexity index is 499. The molecule has 0 bridgehead atoms. The Morgan fingerprint density at radius 2 is 2.12 bits per heavy atom. The minimum Gasteiger partial charge on any atom is -0.497 e. The van der Waals surface area contributed by atoms with Crippen LogP contribution < -0.4 is 15.4 Å². The first kappa shape index (κ1) is 19.5. The van der Waals surface area contributed by atoms with Crippen LogP contribution in [0.15, 0.2) is 29.3 Å². The molecule has 1 aliphatic rings. The largest absolute Gasteiger partial charge is 0.497 e. The predicted molar refractivity (Wildman–Crippen MR) is 100 cm³/mol. The van der Waals surface area contributed by atoms with Crippen molar-refractivity contribution < 1.29 is 14.2 Å². The van der Waals surface area contributed by atoms with Gasteiger partial charge in [0.05, 0.1) is 33.0 Å². The molecule has 2 N–H and O–H groups in total. The molecule has 1 fully saturated rings. The van der Waals surface area contributed by atoms with E-state index >= 15 is 0 Å². The van der Waals surface area contributed by atoms with Gasteiger partial charge in [0.15, 0.2) is 5.96 Å². The lowest BCUT2D eigenvalue weighted by Gasteiger charge is -2.12. The van der Waals surface area contributed by atoms with Crippen LogP contribution in [0, 0.1) is 0 Å². The number of nitrogens with zero attached hydrogens (tertiary/aromatic N) is 1. The Balaban J connectivity index is 1.63. The molecule has 0 aliphatic carbocycles. The van der Waals surface area contributed by atoms with Crippen molar-refractivity contribution in [1.29, 1.82) is 0 Å². The summed E-state index contributed by atoms with van der Waals surface area (Å²) in [5.74, 6) is 1.71. The molecule has 0 saturated carbocycles. The number of methoxy groups -OCH3 is 1. The van der Waals surface area contributed by atoms with Crippen molar-refractivity contribution in [2.24, 2.45) is 4.99 Å². The monoisotopic (exact) mass is 349 g/mol. The summed E-state index contributed by atoms with van der Waals surface area (Å²) < 4.78 is 16.4. The molecular formula is C19H31N3O3. The van der Waals surface area contributed by atoms with E-state index in [4.69, 9.17) is 14.2 Å². The first-order valence-electron chi connectivity index (χ1n) is 9.16. The summed E-state index contributed by atoms with van der Waals surface area (Å²) in [5.41, 5.74) is 1.27. The molecule has 1 aromatic carbocycles. The third-order valence-corrected chi connectivity index (χ3v) is 4.04. The van der Waals surface area contributed by atoms with Crippen LogP contribution in [0.3, 0.4) is 0 Å². The number of hydrogen-bond acceptors (Lipinski definition) is 4. The maximum Gasteiger partial charge on any atom is 0.191 e. The highest BCUT2D eigenvalue weighted by atomic mass is 16.5. The average Bonchev–Trinajstić information content (AvgIpc) is 3.15. The molecule has 1 heterocycles. The molecule has 6 nitrogen and oxygen atoms in total. The van der Waals surface area contributed by atoms with Gasteiger partial charge >= 0.3 is 0 Å². The summed E-state index contributed by atoms with van der Waals surface area (Å²) in [5, 5.41) is 6.61. The Hall–Kier alpha value is -1.79. The first-order valence-corrected chi connectivity index (χ1v) is 9.16. The van der Waals surface area contributed by atoms with E-state index in [1.807, 2.05) is 12.1 Å². The van der Waals surface area contributed by atoms with Crippen molar-refractivity contribution in [2.45, 2.75) is 32.3 Å². The van der Waals surface area contributed by atoms with E-state index in [0.717, 1.165) is 50.7 Å². The molecule has 6 heteroatoms. The summed E-state index contributed by atoms with van der Waals surface area (Å²) in [6.45, 7) is 6.54. The van der Waals surface area contributed by atoms with Gasteiger partial charge in [0.25, 0.3) is 0 Å². The molecule has 1 unspecified atom stereocenters. The number of aliphatic imine (C=N–C) groups is 1. The molecule has 1 aliphatic heterocycles. The zero-order chi connectivity index (χ0) is 17.7. The summed E-state index contributed by atoms with van der Waals surface area (Å²) in [6, 6.07) is 8.15. The standard InChI is InChI=1S/C19H31N3O3/c1-3-20-19(22-12-14-24-15-18-5-4-13-25-18)21-11-10-16-6-8-17(23-2)9-7-16/h6-9,18H,3-5,10-15H2,1-2H3,(H2,20,21,22). The molecular weight excluding hydrogens is 318 g/mol. The summed E-state index contributed by atoms with van der Waals surface area (Å²) >= 11 is 0. The van der Waals surface area contributed by atoms with E-state index in [-0.39, 0.29) is 6.10 Å². The van der Waals surface area contributed by atoms with Crippen molar-refractivity contribution in [3.63, 3.8) is 0 Å². The van der Waals surface area contributed by atoms with Gasteiger partial charge in [-0.25, -0.2) is 0 Å². The van der Waals surface area contributed by atoms with Crippen LogP contribution in [0.5, 0.6) is 5.75 Å². The second-order valence-corrected chi connectivity index (χ2v) is 6.00. The van der Waals surface area contributed by atoms with Crippen LogP contribution in [0.2, 0.25) is 0 Å². The number of nitrogens with one attached hydrogen (secondary N) is 2. The highest BCUT2D eigenvalue weighted by molar-refractivity contribution is 5.79. The summed E-state index contributed by atoms with van der Waals surface area (Å²) in [7, 11) is 1.68. The number of rotatable bonds is 10. The fourth-order valence-electron chi connectivity index (χ4n) is 2.67. The van der Waals surface area contributed by atoms with Crippen LogP contribution in [0.1, 0.15) is 25.3 Å². The van der Waals surface area contributed by atoms with Crippen LogP contribution in [0.4, 0.5) is 0 Å². The first-order chi connectivity index (χ1) is 12.3. The van der Waals surface area contributed by atoms with Gasteiger partial charge in [0, 0.05) is 19.7 Å². The third-order valence-electron chi connectivity index (χ3n) is 4.04. The van der Waals surface area contributed by atoms with E-state index in [1.54, 1.807) is 7.11 Å². The maximum atomic E-state index is 5.64. The van der Waals surface area contributed by atoms with Crippen LogP contribution in [0.25, 0.3) is 0 Å². The van der Waals surface area contributed by atoms with Crippen LogP contribution >= 0.6 is 0 Å². The predicted octanol–water partition coefficient (Wildman–Crippen LogP) is 1.99. The van der Waals surface area contributed by atoms with Crippen LogP contribution in [-0.4, -0.2) is 58.6 Å². The van der Waals surface area contributed by atoms with Gasteiger partial charge < -0.3 is 24.8 Å². The molecule has 0 radical (unpaired) electrons.